The molecule has 0 atom stereocenters. The third kappa shape index (κ3) is 5.02. The molecule has 0 spiro atoms. The van der Waals surface area contributed by atoms with Crippen molar-refractivity contribution in [1.82, 2.24) is 9.13 Å². The van der Waals surface area contributed by atoms with Gasteiger partial charge in [0.1, 0.15) is 0 Å². The number of hydrogen-bond acceptors (Lipinski definition) is 0. The van der Waals surface area contributed by atoms with Crippen molar-refractivity contribution in [3.63, 3.8) is 0 Å². The van der Waals surface area contributed by atoms with Gasteiger partial charge in [0.25, 0.3) is 0 Å². The predicted molar refractivity (Wildman–Crippen MR) is 177 cm³/mol. The van der Waals surface area contributed by atoms with E-state index in [-0.39, 0.29) is 0 Å². The van der Waals surface area contributed by atoms with Gasteiger partial charge in [0.15, 0.2) is 0 Å². The van der Waals surface area contributed by atoms with Crippen LogP contribution >= 0.6 is 0 Å². The number of aryl methyl sites for hydroxylation is 4. The third-order valence-electron chi connectivity index (χ3n) is 9.43. The SMILES string of the molecule is CCCCCCCc1cc2cc3ccc4c5cc6c(cc(CCCCCCC)n6C)cc5ccc4c3cc2n1C. The van der Waals surface area contributed by atoms with E-state index in [1.54, 1.807) is 0 Å². The van der Waals surface area contributed by atoms with E-state index in [0.717, 1.165) is 0 Å². The van der Waals surface area contributed by atoms with Crippen LogP contribution in [0.1, 0.15) is 89.4 Å². The van der Waals surface area contributed by atoms with Crippen LogP contribution in [0.15, 0.2) is 60.7 Å². The van der Waals surface area contributed by atoms with Crippen LogP contribution in [-0.2, 0) is 26.9 Å². The lowest BCUT2D eigenvalue weighted by molar-refractivity contribution is 0.622. The van der Waals surface area contributed by atoms with Crippen molar-refractivity contribution >= 4 is 54.1 Å². The van der Waals surface area contributed by atoms with Gasteiger partial charge in [-0.1, -0.05) is 89.5 Å². The summed E-state index contributed by atoms with van der Waals surface area (Å²) < 4.78 is 4.87. The molecule has 0 radical (unpaired) electrons. The molecule has 0 aliphatic heterocycles. The number of unbranched alkanes of at least 4 members (excludes halogenated alkanes) is 8. The van der Waals surface area contributed by atoms with Gasteiger partial charge in [-0.2, -0.15) is 0 Å². The normalized spacial score (nSPS) is 12.2. The molecule has 2 aromatic heterocycles. The molecule has 40 heavy (non-hydrogen) atoms. The fraction of sp³-hybridized carbons (Fsp3) is 0.421. The van der Waals surface area contributed by atoms with Gasteiger partial charge in [0.2, 0.25) is 0 Å². The van der Waals surface area contributed by atoms with Crippen molar-refractivity contribution in [3.05, 3.63) is 72.1 Å². The van der Waals surface area contributed by atoms with Crippen molar-refractivity contribution < 1.29 is 0 Å². The standard InChI is InChI=1S/C38H46N2/c1-5-7-9-11-13-15-31-23-29-21-27-17-19-34-33(35(27)25-37(29)39(31)3)20-18-28-22-30-24-32(16-14-12-10-8-6-2)40(4)38(30)26-36(28)34/h17-26H,5-16H2,1-4H3. The Hall–Kier alpha value is -3.26. The van der Waals surface area contributed by atoms with E-state index in [2.05, 4.69) is 97.7 Å². The average Bonchev–Trinajstić information content (AvgIpc) is 3.44. The molecule has 0 aliphatic carbocycles. The fourth-order valence-corrected chi connectivity index (χ4v) is 6.96. The number of aromatic nitrogens is 2. The van der Waals surface area contributed by atoms with E-state index < -0.39 is 0 Å². The maximum atomic E-state index is 2.44. The van der Waals surface area contributed by atoms with Crippen LogP contribution in [0, 0.1) is 0 Å². The molecule has 2 heteroatoms. The lowest BCUT2D eigenvalue weighted by atomic mass is 9.95. The lowest BCUT2D eigenvalue weighted by Gasteiger charge is -2.10. The van der Waals surface area contributed by atoms with Crippen molar-refractivity contribution in [2.75, 3.05) is 0 Å². The summed E-state index contributed by atoms with van der Waals surface area (Å²) in [6.07, 6.45) is 15.6. The Balaban J connectivity index is 1.37. The van der Waals surface area contributed by atoms with Crippen molar-refractivity contribution in [1.29, 1.82) is 0 Å². The Labute approximate surface area is 240 Å². The molecule has 0 N–H and O–H groups in total. The first-order valence-corrected chi connectivity index (χ1v) is 15.9. The first-order valence-electron chi connectivity index (χ1n) is 15.9. The minimum atomic E-state index is 1.17. The van der Waals surface area contributed by atoms with Gasteiger partial charge in [0, 0.05) is 47.3 Å². The second kappa shape index (κ2) is 11.7. The molecule has 0 fully saturated rings. The molecule has 4 aromatic carbocycles. The number of hydrogen-bond donors (Lipinski definition) is 0. The largest absolute Gasteiger partial charge is 0.348 e. The average molecular weight is 531 g/mol. The molecular formula is C38H46N2. The van der Waals surface area contributed by atoms with Crippen LogP contribution in [0.3, 0.4) is 0 Å². The van der Waals surface area contributed by atoms with Gasteiger partial charge >= 0.3 is 0 Å². The molecule has 2 heterocycles. The zero-order valence-electron chi connectivity index (χ0n) is 25.2. The Bertz CT molecular complexity index is 1660. The first kappa shape index (κ1) is 26.9. The quantitative estimate of drug-likeness (QED) is 0.110. The topological polar surface area (TPSA) is 9.86 Å². The van der Waals surface area contributed by atoms with Crippen LogP contribution in [0.2, 0.25) is 0 Å². The van der Waals surface area contributed by atoms with Crippen LogP contribution in [0.5, 0.6) is 0 Å². The van der Waals surface area contributed by atoms with Crippen LogP contribution in [0.4, 0.5) is 0 Å². The van der Waals surface area contributed by atoms with E-state index in [1.165, 1.54) is 143 Å². The number of fused-ring (bicyclic) bond motifs is 7. The molecular weight excluding hydrogens is 484 g/mol. The maximum Gasteiger partial charge on any atom is 0.0486 e. The fourth-order valence-electron chi connectivity index (χ4n) is 6.96. The predicted octanol–water partition coefficient (Wildman–Crippen LogP) is 11.2. The second-order valence-corrected chi connectivity index (χ2v) is 12.2. The molecule has 0 saturated heterocycles. The highest BCUT2D eigenvalue weighted by Gasteiger charge is 2.13. The zero-order chi connectivity index (χ0) is 27.6. The summed E-state index contributed by atoms with van der Waals surface area (Å²) in [5.41, 5.74) is 5.63. The minimum absolute atomic E-state index is 1.17. The van der Waals surface area contributed by atoms with E-state index in [0.29, 0.717) is 0 Å². The summed E-state index contributed by atoms with van der Waals surface area (Å²) in [6.45, 7) is 4.58. The number of benzene rings is 4. The minimum Gasteiger partial charge on any atom is -0.348 e. The van der Waals surface area contributed by atoms with Gasteiger partial charge < -0.3 is 9.13 Å². The Morgan fingerprint density at radius 1 is 0.425 bits per heavy atom. The van der Waals surface area contributed by atoms with E-state index >= 15 is 0 Å². The van der Waals surface area contributed by atoms with Gasteiger partial charge in [-0.05, 0) is 94.4 Å². The summed E-state index contributed by atoms with van der Waals surface area (Å²) in [5, 5.41) is 10.9. The second-order valence-electron chi connectivity index (χ2n) is 12.2. The van der Waals surface area contributed by atoms with Crippen molar-refractivity contribution in [2.45, 2.75) is 90.9 Å². The molecule has 208 valence electrons. The number of rotatable bonds is 12. The molecule has 0 saturated carbocycles. The van der Waals surface area contributed by atoms with E-state index in [4.69, 9.17) is 0 Å². The number of nitrogens with zero attached hydrogens (tertiary/aromatic N) is 2. The molecule has 6 rings (SSSR count). The van der Waals surface area contributed by atoms with Gasteiger partial charge in [-0.25, -0.2) is 0 Å². The maximum absolute atomic E-state index is 2.44. The van der Waals surface area contributed by atoms with Crippen LogP contribution in [0.25, 0.3) is 54.1 Å². The van der Waals surface area contributed by atoms with Gasteiger partial charge in [-0.15, -0.1) is 0 Å². The highest BCUT2D eigenvalue weighted by atomic mass is 14.9. The molecule has 0 aliphatic rings. The Morgan fingerprint density at radius 3 is 1.27 bits per heavy atom. The van der Waals surface area contributed by atoms with E-state index in [9.17, 15) is 0 Å². The van der Waals surface area contributed by atoms with Gasteiger partial charge in [0.05, 0.1) is 0 Å². The monoisotopic (exact) mass is 530 g/mol. The molecule has 0 unspecified atom stereocenters. The first-order chi connectivity index (χ1) is 19.6. The third-order valence-corrected chi connectivity index (χ3v) is 9.43. The molecule has 0 bridgehead atoms. The van der Waals surface area contributed by atoms with Gasteiger partial charge in [-0.3, -0.25) is 0 Å². The molecule has 6 aromatic rings. The summed E-state index contributed by atoms with van der Waals surface area (Å²) in [5.74, 6) is 0. The highest BCUT2D eigenvalue weighted by molar-refractivity contribution is 6.20. The summed E-state index contributed by atoms with van der Waals surface area (Å²) in [4.78, 5) is 0. The molecule has 0 amide bonds. The highest BCUT2D eigenvalue weighted by Crippen LogP contribution is 2.36. The smallest absolute Gasteiger partial charge is 0.0486 e. The van der Waals surface area contributed by atoms with Crippen LogP contribution in [-0.4, -0.2) is 9.13 Å². The zero-order valence-corrected chi connectivity index (χ0v) is 25.2. The molecule has 2 nitrogen and oxygen atoms in total. The lowest BCUT2D eigenvalue weighted by Crippen LogP contribution is -1.96. The summed E-state index contributed by atoms with van der Waals surface area (Å²) >= 11 is 0. The van der Waals surface area contributed by atoms with Crippen LogP contribution < -0.4 is 0 Å². The Morgan fingerprint density at radius 2 is 0.850 bits per heavy atom. The summed E-state index contributed by atoms with van der Waals surface area (Å²) in [7, 11) is 4.51. The van der Waals surface area contributed by atoms with Crippen molar-refractivity contribution in [3.8, 4) is 0 Å². The summed E-state index contributed by atoms with van der Waals surface area (Å²) in [6, 6.07) is 23.9. The van der Waals surface area contributed by atoms with Crippen molar-refractivity contribution in [2.24, 2.45) is 14.1 Å². The Kier molecular flexibility index (Phi) is 7.87. The van der Waals surface area contributed by atoms with E-state index in [1.807, 2.05) is 0 Å².